The van der Waals surface area contributed by atoms with E-state index in [9.17, 15) is 4.39 Å². The summed E-state index contributed by atoms with van der Waals surface area (Å²) >= 11 is 0. The molecule has 0 amide bonds. The Morgan fingerprint density at radius 2 is 1.90 bits per heavy atom. The van der Waals surface area contributed by atoms with E-state index in [0.29, 0.717) is 17.9 Å². The zero-order valence-electron chi connectivity index (χ0n) is 11.5. The quantitative estimate of drug-likeness (QED) is 0.800. The predicted octanol–water partition coefficient (Wildman–Crippen LogP) is 2.72. The van der Waals surface area contributed by atoms with Crippen LogP contribution in [-0.2, 0) is 6.54 Å². The van der Waals surface area contributed by atoms with Gasteiger partial charge in [-0.05, 0) is 41.6 Å². The molecule has 0 aliphatic heterocycles. The van der Waals surface area contributed by atoms with Crippen LogP contribution in [0.15, 0.2) is 48.5 Å². The van der Waals surface area contributed by atoms with E-state index >= 15 is 0 Å². The third-order valence-electron chi connectivity index (χ3n) is 3.24. The van der Waals surface area contributed by atoms with Crippen molar-refractivity contribution >= 4 is 5.69 Å². The summed E-state index contributed by atoms with van der Waals surface area (Å²) in [5, 5.41) is 14.8. The summed E-state index contributed by atoms with van der Waals surface area (Å²) in [6, 6.07) is 14.6. The fourth-order valence-electron chi connectivity index (χ4n) is 2.06. The van der Waals surface area contributed by atoms with Crippen molar-refractivity contribution in [3.63, 3.8) is 0 Å². The maximum atomic E-state index is 13.5. The minimum atomic E-state index is -0.234. The topological polar surface area (TPSA) is 55.6 Å². The third-order valence-corrected chi connectivity index (χ3v) is 3.24. The molecule has 0 saturated heterocycles. The van der Waals surface area contributed by atoms with Gasteiger partial charge in [-0.3, -0.25) is 0 Å². The summed E-state index contributed by atoms with van der Waals surface area (Å²) in [5.41, 5.74) is 2.20. The molecule has 0 spiro atoms. The largest absolute Gasteiger partial charge is 0.377 e. The Morgan fingerprint density at radius 3 is 2.71 bits per heavy atom. The van der Waals surface area contributed by atoms with E-state index < -0.39 is 0 Å². The van der Waals surface area contributed by atoms with Gasteiger partial charge in [0, 0.05) is 11.3 Å². The fraction of sp³-hybridized carbons (Fsp3) is 0.133. The molecule has 106 valence electrons. The molecular weight excluding hydrogens is 269 g/mol. The maximum Gasteiger partial charge on any atom is 0.175 e. The number of anilines is 1. The summed E-state index contributed by atoms with van der Waals surface area (Å²) in [7, 11) is 0. The number of hydrogen-bond acceptors (Lipinski definition) is 4. The third kappa shape index (κ3) is 2.74. The SMILES string of the molecule is Cc1c(F)cccc1NCc1nnnn1-c1ccccc1. The number of hydrogen-bond donors (Lipinski definition) is 1. The van der Waals surface area contributed by atoms with E-state index in [1.807, 2.05) is 36.4 Å². The van der Waals surface area contributed by atoms with Crippen LogP contribution in [0.2, 0.25) is 0 Å². The van der Waals surface area contributed by atoms with Gasteiger partial charge in [-0.15, -0.1) is 5.10 Å². The van der Waals surface area contributed by atoms with E-state index in [1.54, 1.807) is 17.7 Å². The molecule has 0 radical (unpaired) electrons. The van der Waals surface area contributed by atoms with Crippen LogP contribution in [0.5, 0.6) is 0 Å². The lowest BCUT2D eigenvalue weighted by atomic mass is 10.2. The van der Waals surface area contributed by atoms with Crippen molar-refractivity contribution in [1.29, 1.82) is 0 Å². The summed E-state index contributed by atoms with van der Waals surface area (Å²) in [4.78, 5) is 0. The second kappa shape index (κ2) is 5.70. The van der Waals surface area contributed by atoms with Crippen molar-refractivity contribution in [1.82, 2.24) is 20.2 Å². The molecule has 1 aromatic heterocycles. The second-order valence-corrected chi connectivity index (χ2v) is 4.61. The Morgan fingerprint density at radius 1 is 1.10 bits per heavy atom. The number of nitrogens with zero attached hydrogens (tertiary/aromatic N) is 4. The highest BCUT2D eigenvalue weighted by molar-refractivity contribution is 5.51. The van der Waals surface area contributed by atoms with Crippen LogP contribution in [0.25, 0.3) is 5.69 Å². The maximum absolute atomic E-state index is 13.5. The first-order chi connectivity index (χ1) is 10.3. The van der Waals surface area contributed by atoms with Gasteiger partial charge < -0.3 is 5.32 Å². The molecule has 0 atom stereocenters. The molecule has 0 bridgehead atoms. The Bertz CT molecular complexity index is 739. The molecule has 1 heterocycles. The van der Waals surface area contributed by atoms with Crippen molar-refractivity contribution < 1.29 is 4.39 Å². The lowest BCUT2D eigenvalue weighted by Crippen LogP contribution is -2.09. The number of rotatable bonds is 4. The molecule has 3 rings (SSSR count). The van der Waals surface area contributed by atoms with Crippen molar-refractivity contribution in [2.75, 3.05) is 5.32 Å². The second-order valence-electron chi connectivity index (χ2n) is 4.61. The zero-order chi connectivity index (χ0) is 14.7. The minimum absolute atomic E-state index is 0.234. The summed E-state index contributed by atoms with van der Waals surface area (Å²) < 4.78 is 15.2. The molecule has 2 aromatic carbocycles. The summed E-state index contributed by atoms with van der Waals surface area (Å²) in [6.45, 7) is 2.14. The van der Waals surface area contributed by atoms with Crippen molar-refractivity contribution in [2.45, 2.75) is 13.5 Å². The standard InChI is InChI=1S/C15H14FN5/c1-11-13(16)8-5-9-14(11)17-10-15-18-19-20-21(15)12-6-3-2-4-7-12/h2-9,17H,10H2,1H3. The average molecular weight is 283 g/mol. The van der Waals surface area contributed by atoms with Gasteiger partial charge in [-0.25, -0.2) is 4.39 Å². The highest BCUT2D eigenvalue weighted by atomic mass is 19.1. The van der Waals surface area contributed by atoms with Crippen molar-refractivity contribution in [3.05, 3.63) is 65.7 Å². The minimum Gasteiger partial charge on any atom is -0.377 e. The van der Waals surface area contributed by atoms with Crippen LogP contribution in [0.3, 0.4) is 0 Å². The predicted molar refractivity (Wildman–Crippen MR) is 77.6 cm³/mol. The number of tetrazole rings is 1. The normalized spacial score (nSPS) is 10.6. The van der Waals surface area contributed by atoms with Crippen LogP contribution in [-0.4, -0.2) is 20.2 Å². The number of aromatic nitrogens is 4. The fourth-order valence-corrected chi connectivity index (χ4v) is 2.06. The number of halogens is 1. The lowest BCUT2D eigenvalue weighted by molar-refractivity contribution is 0.619. The first-order valence-electron chi connectivity index (χ1n) is 6.57. The number of para-hydroxylation sites is 1. The molecule has 5 nitrogen and oxygen atoms in total. The highest BCUT2D eigenvalue weighted by Gasteiger charge is 2.09. The molecule has 0 fully saturated rings. The van der Waals surface area contributed by atoms with Gasteiger partial charge >= 0.3 is 0 Å². The Kier molecular flexibility index (Phi) is 3.59. The van der Waals surface area contributed by atoms with Gasteiger partial charge in [0.1, 0.15) is 5.82 Å². The average Bonchev–Trinajstić information content (AvgIpc) is 2.98. The Labute approximate surface area is 121 Å². The van der Waals surface area contributed by atoms with E-state index in [4.69, 9.17) is 0 Å². The highest BCUT2D eigenvalue weighted by Crippen LogP contribution is 2.18. The summed E-state index contributed by atoms with van der Waals surface area (Å²) in [5.74, 6) is 0.424. The Balaban J connectivity index is 1.81. The molecule has 0 aliphatic carbocycles. The van der Waals surface area contributed by atoms with Gasteiger partial charge in [-0.1, -0.05) is 24.3 Å². The van der Waals surface area contributed by atoms with Crippen LogP contribution in [0.1, 0.15) is 11.4 Å². The lowest BCUT2D eigenvalue weighted by Gasteiger charge is -2.10. The van der Waals surface area contributed by atoms with E-state index in [-0.39, 0.29) is 5.82 Å². The molecule has 6 heteroatoms. The van der Waals surface area contributed by atoms with Crippen LogP contribution < -0.4 is 5.32 Å². The van der Waals surface area contributed by atoms with Crippen LogP contribution >= 0.6 is 0 Å². The van der Waals surface area contributed by atoms with Gasteiger partial charge in [-0.2, -0.15) is 4.68 Å². The molecule has 21 heavy (non-hydrogen) atoms. The first kappa shape index (κ1) is 13.2. The van der Waals surface area contributed by atoms with E-state index in [2.05, 4.69) is 20.8 Å². The first-order valence-corrected chi connectivity index (χ1v) is 6.57. The monoisotopic (exact) mass is 283 g/mol. The van der Waals surface area contributed by atoms with Crippen LogP contribution in [0, 0.1) is 12.7 Å². The Hall–Kier alpha value is -2.76. The molecule has 0 saturated carbocycles. The van der Waals surface area contributed by atoms with Gasteiger partial charge in [0.25, 0.3) is 0 Å². The molecule has 3 aromatic rings. The van der Waals surface area contributed by atoms with E-state index in [1.165, 1.54) is 6.07 Å². The van der Waals surface area contributed by atoms with Crippen LogP contribution in [0.4, 0.5) is 10.1 Å². The molecule has 0 aliphatic rings. The molecule has 0 unspecified atom stereocenters. The van der Waals surface area contributed by atoms with Gasteiger partial charge in [0.15, 0.2) is 5.82 Å². The van der Waals surface area contributed by atoms with Crippen molar-refractivity contribution in [3.8, 4) is 5.69 Å². The number of nitrogens with one attached hydrogen (secondary N) is 1. The number of benzene rings is 2. The molecular formula is C15H14FN5. The smallest absolute Gasteiger partial charge is 0.175 e. The van der Waals surface area contributed by atoms with E-state index in [0.717, 1.165) is 11.4 Å². The van der Waals surface area contributed by atoms with Gasteiger partial charge in [0.05, 0.1) is 12.2 Å². The van der Waals surface area contributed by atoms with Crippen molar-refractivity contribution in [2.24, 2.45) is 0 Å². The zero-order valence-corrected chi connectivity index (χ0v) is 11.5. The summed E-state index contributed by atoms with van der Waals surface area (Å²) in [6.07, 6.45) is 0. The molecule has 1 N–H and O–H groups in total. The van der Waals surface area contributed by atoms with Gasteiger partial charge in [0.2, 0.25) is 0 Å².